The summed E-state index contributed by atoms with van der Waals surface area (Å²) in [5.74, 6) is 0. The molecule has 1 aliphatic heterocycles. The third-order valence-electron chi connectivity index (χ3n) is 4.45. The number of anilines is 1. The molecule has 0 bridgehead atoms. The molecule has 0 aromatic heterocycles. The molecule has 1 fully saturated rings. The maximum atomic E-state index is 12.3. The number of nitrogens with zero attached hydrogens (tertiary/aromatic N) is 2. The van der Waals surface area contributed by atoms with E-state index in [2.05, 4.69) is 21.6 Å². The molecular formula is C21H26N4O3. The molecule has 1 heterocycles. The summed E-state index contributed by atoms with van der Waals surface area (Å²) >= 11 is 0. The topological polar surface area (TPSA) is 73.9 Å². The quantitative estimate of drug-likeness (QED) is 0.772. The average Bonchev–Trinajstić information content (AvgIpc) is 3.05. The van der Waals surface area contributed by atoms with Gasteiger partial charge in [-0.05, 0) is 42.9 Å². The van der Waals surface area contributed by atoms with Crippen molar-refractivity contribution in [1.82, 2.24) is 15.1 Å². The van der Waals surface area contributed by atoms with Gasteiger partial charge in [0.15, 0.2) is 0 Å². The predicted octanol–water partition coefficient (Wildman–Crippen LogP) is 3.02. The van der Waals surface area contributed by atoms with Gasteiger partial charge in [0.2, 0.25) is 0 Å². The Kier molecular flexibility index (Phi) is 6.49. The fourth-order valence-electron chi connectivity index (χ4n) is 3.11. The highest BCUT2D eigenvalue weighted by molar-refractivity contribution is 5.89. The smallest absolute Gasteiger partial charge is 0.410 e. The van der Waals surface area contributed by atoms with E-state index in [4.69, 9.17) is 4.74 Å². The van der Waals surface area contributed by atoms with Crippen molar-refractivity contribution in [2.24, 2.45) is 0 Å². The van der Waals surface area contributed by atoms with E-state index in [9.17, 15) is 9.59 Å². The molecule has 28 heavy (non-hydrogen) atoms. The maximum Gasteiger partial charge on any atom is 0.410 e. The Labute approximate surface area is 165 Å². The molecule has 0 aliphatic carbocycles. The van der Waals surface area contributed by atoms with E-state index in [1.807, 2.05) is 56.6 Å². The zero-order chi connectivity index (χ0) is 19.9. The second kappa shape index (κ2) is 9.23. The summed E-state index contributed by atoms with van der Waals surface area (Å²) in [7, 11) is 4.04. The molecule has 2 aromatic carbocycles. The Balaban J connectivity index is 1.55. The molecule has 7 heteroatoms. The normalized spacial score (nSPS) is 13.5. The molecular weight excluding hydrogens is 356 g/mol. The largest absolute Gasteiger partial charge is 0.448 e. The Bertz CT molecular complexity index is 838. The van der Waals surface area contributed by atoms with Crippen LogP contribution in [0.25, 0.3) is 0 Å². The third-order valence-corrected chi connectivity index (χ3v) is 4.45. The standard InChI is InChI=1S/C21H26N4O3/c1-24(2)15-18-8-4-3-7-17(18)13-22-20(26)23-19-9-5-6-16(12-19)14-25-10-11-28-21(25)27/h3-9,12H,10-11,13-15H2,1-2H3,(H2,22,23,26). The van der Waals surface area contributed by atoms with Crippen LogP contribution in [0.4, 0.5) is 15.3 Å². The molecule has 148 valence electrons. The van der Waals surface area contributed by atoms with Crippen molar-refractivity contribution in [2.75, 3.05) is 32.6 Å². The van der Waals surface area contributed by atoms with E-state index in [1.165, 1.54) is 5.56 Å². The molecule has 2 N–H and O–H groups in total. The summed E-state index contributed by atoms with van der Waals surface area (Å²) in [6, 6.07) is 15.3. The van der Waals surface area contributed by atoms with Crippen molar-refractivity contribution in [1.29, 1.82) is 0 Å². The van der Waals surface area contributed by atoms with E-state index in [-0.39, 0.29) is 12.1 Å². The lowest BCUT2D eigenvalue weighted by atomic mass is 10.1. The van der Waals surface area contributed by atoms with E-state index >= 15 is 0 Å². The number of carbonyl (C=O) groups is 2. The number of ether oxygens (including phenoxy) is 1. The lowest BCUT2D eigenvalue weighted by Gasteiger charge is -2.15. The average molecular weight is 382 g/mol. The van der Waals surface area contributed by atoms with Crippen molar-refractivity contribution >= 4 is 17.8 Å². The van der Waals surface area contributed by atoms with Gasteiger partial charge in [0.05, 0.1) is 6.54 Å². The van der Waals surface area contributed by atoms with Gasteiger partial charge in [-0.1, -0.05) is 36.4 Å². The Morgan fingerprint density at radius 1 is 1.14 bits per heavy atom. The number of nitrogens with one attached hydrogen (secondary N) is 2. The fourth-order valence-corrected chi connectivity index (χ4v) is 3.11. The zero-order valence-electron chi connectivity index (χ0n) is 16.3. The van der Waals surface area contributed by atoms with Crippen LogP contribution >= 0.6 is 0 Å². The third kappa shape index (κ3) is 5.47. The van der Waals surface area contributed by atoms with Gasteiger partial charge in [-0.3, -0.25) is 0 Å². The molecule has 0 atom stereocenters. The lowest BCUT2D eigenvalue weighted by molar-refractivity contribution is 0.157. The van der Waals surface area contributed by atoms with Crippen LogP contribution in [0.3, 0.4) is 0 Å². The molecule has 1 aliphatic rings. The molecule has 3 rings (SSSR count). The monoisotopic (exact) mass is 382 g/mol. The summed E-state index contributed by atoms with van der Waals surface area (Å²) < 4.78 is 4.94. The summed E-state index contributed by atoms with van der Waals surface area (Å²) in [6.45, 7) is 2.75. The molecule has 0 radical (unpaired) electrons. The number of hydrogen-bond acceptors (Lipinski definition) is 4. The number of amides is 3. The molecule has 0 spiro atoms. The Morgan fingerprint density at radius 2 is 1.93 bits per heavy atom. The number of rotatable bonds is 7. The molecule has 2 aromatic rings. The van der Waals surface area contributed by atoms with Crippen LogP contribution in [0.1, 0.15) is 16.7 Å². The number of benzene rings is 2. The molecule has 0 saturated carbocycles. The lowest BCUT2D eigenvalue weighted by Crippen LogP contribution is -2.29. The van der Waals surface area contributed by atoms with Crippen LogP contribution in [0.15, 0.2) is 48.5 Å². The van der Waals surface area contributed by atoms with Crippen molar-refractivity contribution in [3.8, 4) is 0 Å². The van der Waals surface area contributed by atoms with Crippen molar-refractivity contribution in [3.63, 3.8) is 0 Å². The minimum absolute atomic E-state index is 0.266. The van der Waals surface area contributed by atoms with Crippen LogP contribution in [0, 0.1) is 0 Å². The van der Waals surface area contributed by atoms with Crippen LogP contribution in [-0.2, 0) is 24.4 Å². The van der Waals surface area contributed by atoms with Gasteiger partial charge in [0, 0.05) is 25.3 Å². The minimum atomic E-state index is -0.299. The van der Waals surface area contributed by atoms with Gasteiger partial charge >= 0.3 is 12.1 Å². The highest BCUT2D eigenvalue weighted by atomic mass is 16.6. The first-order valence-corrected chi connectivity index (χ1v) is 9.28. The Morgan fingerprint density at radius 3 is 2.64 bits per heavy atom. The molecule has 3 amide bonds. The van der Waals surface area contributed by atoms with Crippen LogP contribution in [0.5, 0.6) is 0 Å². The maximum absolute atomic E-state index is 12.3. The number of carbonyl (C=O) groups excluding carboxylic acids is 2. The van der Waals surface area contributed by atoms with Gasteiger partial charge < -0.3 is 25.2 Å². The first-order valence-electron chi connectivity index (χ1n) is 9.28. The SMILES string of the molecule is CN(C)Cc1ccccc1CNC(=O)Nc1cccc(CN2CCOC2=O)c1. The Hall–Kier alpha value is -3.06. The molecule has 1 saturated heterocycles. The zero-order valence-corrected chi connectivity index (χ0v) is 16.3. The van der Waals surface area contributed by atoms with Gasteiger partial charge in [-0.15, -0.1) is 0 Å². The number of hydrogen-bond donors (Lipinski definition) is 2. The van der Waals surface area contributed by atoms with Crippen LogP contribution in [-0.4, -0.2) is 49.2 Å². The fraction of sp³-hybridized carbons (Fsp3) is 0.333. The van der Waals surface area contributed by atoms with E-state index in [1.54, 1.807) is 4.90 Å². The summed E-state index contributed by atoms with van der Waals surface area (Å²) in [4.78, 5) is 27.6. The summed E-state index contributed by atoms with van der Waals surface area (Å²) in [5, 5.41) is 5.76. The molecule has 7 nitrogen and oxygen atoms in total. The number of urea groups is 1. The summed E-state index contributed by atoms with van der Waals surface area (Å²) in [6.07, 6.45) is -0.299. The van der Waals surface area contributed by atoms with E-state index < -0.39 is 0 Å². The minimum Gasteiger partial charge on any atom is -0.448 e. The predicted molar refractivity (Wildman–Crippen MR) is 108 cm³/mol. The van der Waals surface area contributed by atoms with Crippen LogP contribution in [0.2, 0.25) is 0 Å². The highest BCUT2D eigenvalue weighted by Crippen LogP contribution is 2.15. The molecule has 0 unspecified atom stereocenters. The van der Waals surface area contributed by atoms with E-state index in [0.717, 1.165) is 17.7 Å². The summed E-state index contributed by atoms with van der Waals surface area (Å²) in [5.41, 5.74) is 3.90. The van der Waals surface area contributed by atoms with Crippen LogP contribution < -0.4 is 10.6 Å². The van der Waals surface area contributed by atoms with Gasteiger partial charge in [0.25, 0.3) is 0 Å². The second-order valence-electron chi connectivity index (χ2n) is 7.05. The van der Waals surface area contributed by atoms with Crippen molar-refractivity contribution < 1.29 is 14.3 Å². The van der Waals surface area contributed by atoms with Gasteiger partial charge in [0.1, 0.15) is 6.61 Å². The van der Waals surface area contributed by atoms with Gasteiger partial charge in [-0.25, -0.2) is 9.59 Å². The first-order chi connectivity index (χ1) is 13.5. The van der Waals surface area contributed by atoms with Crippen molar-refractivity contribution in [2.45, 2.75) is 19.6 Å². The van der Waals surface area contributed by atoms with E-state index in [0.29, 0.717) is 31.9 Å². The number of cyclic esters (lactones) is 1. The highest BCUT2D eigenvalue weighted by Gasteiger charge is 2.21. The second-order valence-corrected chi connectivity index (χ2v) is 7.05. The van der Waals surface area contributed by atoms with Gasteiger partial charge in [-0.2, -0.15) is 0 Å². The van der Waals surface area contributed by atoms with Crippen molar-refractivity contribution in [3.05, 3.63) is 65.2 Å². The first kappa shape index (κ1) is 19.7.